The fourth-order valence-electron chi connectivity index (χ4n) is 2.50. The molecule has 118 valence electrons. The van der Waals surface area contributed by atoms with Crippen molar-refractivity contribution in [1.29, 1.82) is 0 Å². The summed E-state index contributed by atoms with van der Waals surface area (Å²) >= 11 is 0. The molecule has 1 N–H and O–H groups in total. The highest BCUT2D eigenvalue weighted by atomic mass is 32.2. The average molecular weight is 317 g/mol. The van der Waals surface area contributed by atoms with Gasteiger partial charge in [-0.2, -0.15) is 0 Å². The molecule has 0 aliphatic carbocycles. The molecular formula is C18H23NO2S. The van der Waals surface area contributed by atoms with Crippen LogP contribution in [0.5, 0.6) is 0 Å². The number of rotatable bonds is 5. The monoisotopic (exact) mass is 317 g/mol. The van der Waals surface area contributed by atoms with Crippen LogP contribution in [-0.4, -0.2) is 8.42 Å². The van der Waals surface area contributed by atoms with E-state index in [1.807, 2.05) is 70.2 Å². The van der Waals surface area contributed by atoms with Crippen LogP contribution in [0.25, 0.3) is 0 Å². The smallest absolute Gasteiger partial charge is 0.212 e. The minimum Gasteiger partial charge on any atom is -0.212 e. The van der Waals surface area contributed by atoms with Crippen LogP contribution in [0.15, 0.2) is 42.5 Å². The van der Waals surface area contributed by atoms with Gasteiger partial charge >= 0.3 is 0 Å². The van der Waals surface area contributed by atoms with Crippen molar-refractivity contribution in [2.75, 3.05) is 0 Å². The number of hydrogen-bond acceptors (Lipinski definition) is 2. The first-order chi connectivity index (χ1) is 10.3. The predicted octanol–water partition coefficient (Wildman–Crippen LogP) is 3.79. The maximum absolute atomic E-state index is 12.4. The largest absolute Gasteiger partial charge is 0.216 e. The molecule has 0 aromatic heterocycles. The molecule has 4 heteroatoms. The molecule has 3 nitrogen and oxygen atoms in total. The number of sulfonamides is 1. The van der Waals surface area contributed by atoms with Crippen LogP contribution in [0.4, 0.5) is 0 Å². The van der Waals surface area contributed by atoms with Gasteiger partial charge in [0.2, 0.25) is 10.0 Å². The van der Waals surface area contributed by atoms with Crippen molar-refractivity contribution in [1.82, 2.24) is 4.72 Å². The summed E-state index contributed by atoms with van der Waals surface area (Å²) in [5.74, 6) is 0.00246. The Morgan fingerprint density at radius 2 is 1.55 bits per heavy atom. The van der Waals surface area contributed by atoms with Gasteiger partial charge in [-0.1, -0.05) is 53.6 Å². The lowest BCUT2D eigenvalue weighted by atomic mass is 10.0. The molecule has 2 aromatic rings. The zero-order valence-electron chi connectivity index (χ0n) is 13.6. The molecule has 0 aliphatic heterocycles. The zero-order valence-corrected chi connectivity index (χ0v) is 14.4. The molecule has 0 saturated carbocycles. The van der Waals surface area contributed by atoms with Crippen molar-refractivity contribution < 1.29 is 8.42 Å². The molecular weight excluding hydrogens is 294 g/mol. The summed E-state index contributed by atoms with van der Waals surface area (Å²) in [5.41, 5.74) is 5.16. The van der Waals surface area contributed by atoms with E-state index in [-0.39, 0.29) is 11.8 Å². The van der Waals surface area contributed by atoms with Crippen LogP contribution in [0, 0.1) is 20.8 Å². The molecule has 0 bridgehead atoms. The summed E-state index contributed by atoms with van der Waals surface area (Å²) in [6, 6.07) is 13.4. The lowest BCUT2D eigenvalue weighted by molar-refractivity contribution is 0.565. The topological polar surface area (TPSA) is 46.2 Å². The number of aryl methyl sites for hydroxylation is 3. The Morgan fingerprint density at radius 3 is 2.18 bits per heavy atom. The van der Waals surface area contributed by atoms with Crippen molar-refractivity contribution in [3.05, 3.63) is 70.3 Å². The van der Waals surface area contributed by atoms with E-state index in [0.717, 1.165) is 27.8 Å². The van der Waals surface area contributed by atoms with Gasteiger partial charge in [-0.3, -0.25) is 0 Å². The van der Waals surface area contributed by atoms with Gasteiger partial charge in [-0.25, -0.2) is 13.1 Å². The molecule has 1 unspecified atom stereocenters. The summed E-state index contributed by atoms with van der Waals surface area (Å²) in [7, 11) is -3.37. The average Bonchev–Trinajstić information content (AvgIpc) is 2.43. The maximum atomic E-state index is 12.4. The third-order valence-electron chi connectivity index (χ3n) is 3.73. The van der Waals surface area contributed by atoms with Crippen LogP contribution < -0.4 is 4.72 Å². The Kier molecular flexibility index (Phi) is 5.04. The second-order valence-electron chi connectivity index (χ2n) is 5.94. The second kappa shape index (κ2) is 6.63. The Labute approximate surface area is 133 Å². The van der Waals surface area contributed by atoms with Crippen LogP contribution in [0.2, 0.25) is 0 Å². The first kappa shape index (κ1) is 16.7. The molecule has 0 radical (unpaired) electrons. The van der Waals surface area contributed by atoms with E-state index in [1.165, 1.54) is 0 Å². The minimum atomic E-state index is -3.37. The predicted molar refractivity (Wildman–Crippen MR) is 91.3 cm³/mol. The molecule has 2 rings (SSSR count). The van der Waals surface area contributed by atoms with Gasteiger partial charge in [-0.15, -0.1) is 0 Å². The normalized spacial score (nSPS) is 13.1. The highest BCUT2D eigenvalue weighted by molar-refractivity contribution is 7.88. The summed E-state index contributed by atoms with van der Waals surface area (Å²) in [6.07, 6.45) is 0. The molecule has 22 heavy (non-hydrogen) atoms. The Morgan fingerprint density at radius 1 is 0.955 bits per heavy atom. The molecule has 0 saturated heterocycles. The third-order valence-corrected chi connectivity index (χ3v) is 5.16. The van der Waals surface area contributed by atoms with Crippen LogP contribution in [0.3, 0.4) is 0 Å². The number of benzene rings is 2. The Hall–Kier alpha value is -1.65. The van der Waals surface area contributed by atoms with E-state index < -0.39 is 10.0 Å². The molecule has 0 amide bonds. The second-order valence-corrected chi connectivity index (χ2v) is 7.70. The Bertz CT molecular complexity index is 749. The molecule has 0 fully saturated rings. The van der Waals surface area contributed by atoms with Crippen molar-refractivity contribution in [3.8, 4) is 0 Å². The van der Waals surface area contributed by atoms with Gasteiger partial charge < -0.3 is 0 Å². The van der Waals surface area contributed by atoms with E-state index in [1.54, 1.807) is 0 Å². The highest BCUT2D eigenvalue weighted by Crippen LogP contribution is 2.20. The van der Waals surface area contributed by atoms with Gasteiger partial charge in [0, 0.05) is 6.04 Å². The molecule has 2 aromatic carbocycles. The molecule has 0 spiro atoms. The van der Waals surface area contributed by atoms with E-state index >= 15 is 0 Å². The van der Waals surface area contributed by atoms with E-state index in [0.29, 0.717) is 0 Å². The summed E-state index contributed by atoms with van der Waals surface area (Å²) in [6.45, 7) is 7.88. The maximum Gasteiger partial charge on any atom is 0.216 e. The third kappa shape index (κ3) is 4.42. The summed E-state index contributed by atoms with van der Waals surface area (Å²) in [4.78, 5) is 0. The van der Waals surface area contributed by atoms with Crippen LogP contribution >= 0.6 is 0 Å². The van der Waals surface area contributed by atoms with Crippen molar-refractivity contribution in [3.63, 3.8) is 0 Å². The molecule has 1 atom stereocenters. The fraction of sp³-hybridized carbons (Fsp3) is 0.333. The minimum absolute atomic E-state index is 0.00246. The van der Waals surface area contributed by atoms with Gasteiger partial charge in [0.25, 0.3) is 0 Å². The van der Waals surface area contributed by atoms with Crippen molar-refractivity contribution >= 4 is 10.0 Å². The van der Waals surface area contributed by atoms with Crippen molar-refractivity contribution in [2.45, 2.75) is 39.5 Å². The van der Waals surface area contributed by atoms with E-state index in [4.69, 9.17) is 0 Å². The highest BCUT2D eigenvalue weighted by Gasteiger charge is 2.17. The van der Waals surface area contributed by atoms with Gasteiger partial charge in [-0.05, 0) is 44.4 Å². The van der Waals surface area contributed by atoms with Gasteiger partial charge in [0.05, 0.1) is 5.75 Å². The van der Waals surface area contributed by atoms with Gasteiger partial charge in [0.15, 0.2) is 0 Å². The van der Waals surface area contributed by atoms with Crippen molar-refractivity contribution in [2.24, 2.45) is 0 Å². The first-order valence-corrected chi connectivity index (χ1v) is 9.05. The molecule has 0 heterocycles. The van der Waals surface area contributed by atoms with Gasteiger partial charge in [0.1, 0.15) is 0 Å². The standard InChI is InChI=1S/C18H23NO2S/c1-13-6-9-17(10-7-13)12-22(20,21)19-16(4)18-11-14(2)5-8-15(18)3/h5-11,16,19H,12H2,1-4H3. The SMILES string of the molecule is Cc1ccc(CS(=O)(=O)NC(C)c2cc(C)ccc2C)cc1. The van der Waals surface area contributed by atoms with E-state index in [2.05, 4.69) is 4.72 Å². The molecule has 0 aliphatic rings. The van der Waals surface area contributed by atoms with Crippen LogP contribution in [0.1, 0.15) is 40.8 Å². The summed E-state index contributed by atoms with van der Waals surface area (Å²) in [5, 5.41) is 0. The quantitative estimate of drug-likeness (QED) is 0.912. The number of nitrogens with one attached hydrogen (secondary N) is 1. The number of hydrogen-bond donors (Lipinski definition) is 1. The van der Waals surface area contributed by atoms with E-state index in [9.17, 15) is 8.42 Å². The lowest BCUT2D eigenvalue weighted by Crippen LogP contribution is -2.28. The summed E-state index contributed by atoms with van der Waals surface area (Å²) < 4.78 is 27.5. The Balaban J connectivity index is 2.14. The van der Waals surface area contributed by atoms with Crippen LogP contribution in [-0.2, 0) is 15.8 Å². The fourth-order valence-corrected chi connectivity index (χ4v) is 3.88. The zero-order chi connectivity index (χ0) is 16.3. The lowest BCUT2D eigenvalue weighted by Gasteiger charge is -2.17. The first-order valence-electron chi connectivity index (χ1n) is 7.39.